The minimum absolute atomic E-state index is 0.0759. The summed E-state index contributed by atoms with van der Waals surface area (Å²) in [6.07, 6.45) is 3.78. The average Bonchev–Trinajstić information content (AvgIpc) is 3.38. The Morgan fingerprint density at radius 2 is 1.76 bits per heavy atom. The maximum Gasteiger partial charge on any atom is 0.338 e. The summed E-state index contributed by atoms with van der Waals surface area (Å²) in [5, 5.41) is 0. The van der Waals surface area contributed by atoms with E-state index in [2.05, 4.69) is 0 Å². The van der Waals surface area contributed by atoms with Gasteiger partial charge < -0.3 is 9.47 Å². The van der Waals surface area contributed by atoms with Crippen LogP contribution in [0.3, 0.4) is 0 Å². The Bertz CT molecular complexity index is 2070. The molecule has 1 aromatic heterocycles. The van der Waals surface area contributed by atoms with Crippen LogP contribution in [0.25, 0.3) is 11.8 Å². The summed E-state index contributed by atoms with van der Waals surface area (Å²) in [5.41, 5.74) is 3.23. The normalized spacial score (nSPS) is 14.6. The van der Waals surface area contributed by atoms with E-state index in [0.717, 1.165) is 21.6 Å². The molecule has 0 saturated carbocycles. The number of esters is 1. The molecule has 0 radical (unpaired) electrons. The van der Waals surface area contributed by atoms with E-state index in [9.17, 15) is 14.0 Å². The second-order valence-electron chi connectivity index (χ2n) is 10.2. The maximum absolute atomic E-state index is 14.2. The van der Waals surface area contributed by atoms with Crippen LogP contribution in [-0.2, 0) is 16.1 Å². The minimum Gasteiger partial charge on any atom is -0.489 e. The van der Waals surface area contributed by atoms with Crippen molar-refractivity contribution in [3.05, 3.63) is 156 Å². The van der Waals surface area contributed by atoms with Gasteiger partial charge in [-0.25, -0.2) is 14.2 Å². The fourth-order valence-electron chi connectivity index (χ4n) is 5.16. The molecule has 4 aromatic carbocycles. The van der Waals surface area contributed by atoms with Gasteiger partial charge in [-0.15, -0.1) is 11.8 Å². The average molecular weight is 637 g/mol. The summed E-state index contributed by atoms with van der Waals surface area (Å²) in [6, 6.07) is 30.3. The van der Waals surface area contributed by atoms with Crippen LogP contribution in [0.2, 0.25) is 0 Å². The van der Waals surface area contributed by atoms with Crippen molar-refractivity contribution in [3.8, 4) is 5.75 Å². The zero-order valence-electron chi connectivity index (χ0n) is 24.6. The summed E-state index contributed by atoms with van der Waals surface area (Å²) >= 11 is 2.87. The molecular formula is C36H29FN2O4S2. The van der Waals surface area contributed by atoms with Crippen molar-refractivity contribution in [1.82, 2.24) is 4.57 Å². The Morgan fingerprint density at radius 1 is 1.00 bits per heavy atom. The lowest BCUT2D eigenvalue weighted by Gasteiger charge is -2.26. The molecule has 0 N–H and O–H groups in total. The molecule has 1 aliphatic heterocycles. The lowest BCUT2D eigenvalue weighted by molar-refractivity contribution is -0.138. The summed E-state index contributed by atoms with van der Waals surface area (Å²) in [7, 11) is 0. The van der Waals surface area contributed by atoms with Crippen LogP contribution in [0.1, 0.15) is 35.2 Å². The fourth-order valence-corrected chi connectivity index (χ4v) is 6.57. The molecule has 45 heavy (non-hydrogen) atoms. The molecule has 2 heterocycles. The summed E-state index contributed by atoms with van der Waals surface area (Å²) in [4.78, 5) is 34.2. The third-order valence-corrected chi connectivity index (χ3v) is 9.04. The summed E-state index contributed by atoms with van der Waals surface area (Å²) < 4.78 is 27.5. The van der Waals surface area contributed by atoms with Gasteiger partial charge in [0.1, 0.15) is 18.2 Å². The zero-order valence-corrected chi connectivity index (χ0v) is 26.2. The van der Waals surface area contributed by atoms with Gasteiger partial charge in [0.2, 0.25) is 0 Å². The Balaban J connectivity index is 1.48. The van der Waals surface area contributed by atoms with Gasteiger partial charge in [0.05, 0.1) is 28.5 Å². The molecule has 0 bridgehead atoms. The molecule has 226 valence electrons. The van der Waals surface area contributed by atoms with Crippen LogP contribution in [0.4, 0.5) is 4.39 Å². The van der Waals surface area contributed by atoms with Gasteiger partial charge in [-0.05, 0) is 60.7 Å². The highest BCUT2D eigenvalue weighted by molar-refractivity contribution is 7.98. The van der Waals surface area contributed by atoms with Gasteiger partial charge >= 0.3 is 5.97 Å². The number of hydrogen-bond acceptors (Lipinski definition) is 7. The zero-order chi connectivity index (χ0) is 31.3. The van der Waals surface area contributed by atoms with E-state index in [-0.39, 0.29) is 24.6 Å². The number of fused-ring (bicyclic) bond motifs is 1. The van der Waals surface area contributed by atoms with E-state index < -0.39 is 12.0 Å². The number of carbonyl (C=O) groups is 1. The number of thiazole rings is 1. The largest absolute Gasteiger partial charge is 0.489 e. The van der Waals surface area contributed by atoms with E-state index in [4.69, 9.17) is 14.5 Å². The molecule has 9 heteroatoms. The first kappa shape index (κ1) is 30.3. The highest BCUT2D eigenvalue weighted by Gasteiger charge is 2.35. The molecule has 0 fully saturated rings. The highest BCUT2D eigenvalue weighted by Crippen LogP contribution is 2.35. The van der Waals surface area contributed by atoms with Crippen molar-refractivity contribution < 1.29 is 18.7 Å². The Labute approximate surface area is 267 Å². The monoisotopic (exact) mass is 636 g/mol. The van der Waals surface area contributed by atoms with Crippen molar-refractivity contribution in [2.75, 3.05) is 12.9 Å². The fraction of sp³-hybridized carbons (Fsp3) is 0.139. The molecule has 0 aliphatic carbocycles. The number of rotatable bonds is 9. The van der Waals surface area contributed by atoms with Gasteiger partial charge in [-0.1, -0.05) is 84.1 Å². The molecule has 1 aliphatic rings. The summed E-state index contributed by atoms with van der Waals surface area (Å²) in [5.74, 6) is -0.306. The molecule has 5 aromatic rings. The van der Waals surface area contributed by atoms with Gasteiger partial charge in [-0.2, -0.15) is 0 Å². The van der Waals surface area contributed by atoms with Gasteiger partial charge in [-0.3, -0.25) is 9.36 Å². The molecule has 6 nitrogen and oxygen atoms in total. The third-order valence-electron chi connectivity index (χ3n) is 7.31. The van der Waals surface area contributed by atoms with Gasteiger partial charge in [0.15, 0.2) is 4.80 Å². The number of carbonyl (C=O) groups excluding carboxylic acids is 1. The maximum atomic E-state index is 14.2. The predicted octanol–water partition coefficient (Wildman–Crippen LogP) is 6.38. The van der Waals surface area contributed by atoms with Crippen LogP contribution >= 0.6 is 23.1 Å². The quantitative estimate of drug-likeness (QED) is 0.139. The van der Waals surface area contributed by atoms with Crippen LogP contribution in [-0.4, -0.2) is 23.4 Å². The number of halogens is 1. The van der Waals surface area contributed by atoms with E-state index in [1.807, 2.05) is 73.0 Å². The van der Waals surface area contributed by atoms with Crippen molar-refractivity contribution in [2.24, 2.45) is 4.99 Å². The second-order valence-corrected chi connectivity index (χ2v) is 12.0. The van der Waals surface area contributed by atoms with E-state index in [1.165, 1.54) is 17.4 Å². The van der Waals surface area contributed by atoms with Crippen LogP contribution in [0, 0.1) is 5.82 Å². The molecule has 1 atom stereocenters. The van der Waals surface area contributed by atoms with Gasteiger partial charge in [0, 0.05) is 16.0 Å². The molecule has 0 spiro atoms. The highest BCUT2D eigenvalue weighted by atomic mass is 32.2. The van der Waals surface area contributed by atoms with Crippen molar-refractivity contribution in [3.63, 3.8) is 0 Å². The van der Waals surface area contributed by atoms with Crippen LogP contribution in [0.5, 0.6) is 5.75 Å². The molecular weight excluding hydrogens is 608 g/mol. The van der Waals surface area contributed by atoms with Crippen molar-refractivity contribution in [2.45, 2.75) is 24.5 Å². The van der Waals surface area contributed by atoms with Crippen molar-refractivity contribution in [1.29, 1.82) is 0 Å². The number of benzene rings is 4. The van der Waals surface area contributed by atoms with E-state index in [0.29, 0.717) is 31.9 Å². The minimum atomic E-state index is -0.746. The lowest BCUT2D eigenvalue weighted by Crippen LogP contribution is -2.40. The molecule has 0 saturated heterocycles. The molecule has 0 amide bonds. The van der Waals surface area contributed by atoms with Crippen LogP contribution < -0.4 is 19.6 Å². The number of thioether (sulfide) groups is 1. The van der Waals surface area contributed by atoms with Gasteiger partial charge in [0.25, 0.3) is 5.56 Å². The summed E-state index contributed by atoms with van der Waals surface area (Å²) in [6.45, 7) is 2.02. The number of nitrogens with zero attached hydrogens (tertiary/aromatic N) is 2. The first-order chi connectivity index (χ1) is 22.0. The molecule has 0 unspecified atom stereocenters. The Morgan fingerprint density at radius 3 is 2.49 bits per heavy atom. The Kier molecular flexibility index (Phi) is 9.09. The van der Waals surface area contributed by atoms with E-state index in [1.54, 1.807) is 59.7 Å². The first-order valence-corrected chi connectivity index (χ1v) is 16.4. The lowest BCUT2D eigenvalue weighted by atomic mass is 9.93. The second kappa shape index (κ2) is 13.5. The van der Waals surface area contributed by atoms with E-state index >= 15 is 0 Å². The smallest absolute Gasteiger partial charge is 0.338 e. The number of ether oxygens (including phenoxy) is 2. The topological polar surface area (TPSA) is 69.9 Å². The standard InChI is InChI=1S/C36H29FN2O4S2/c1-3-42-35(41)31-32(24-11-5-4-6-12-24)38-36-39(33(31)25-16-18-28(44-2)19-17-25)34(40)30(45-36)21-23-10-9-14-27(20-23)43-22-26-13-7-8-15-29(26)37/h4-21,33H,3,22H2,1-2H3/b30-21-/t33-/m0/s1. The third kappa shape index (κ3) is 6.41. The predicted molar refractivity (Wildman–Crippen MR) is 176 cm³/mol. The molecule has 6 rings (SSSR count). The van der Waals surface area contributed by atoms with Crippen molar-refractivity contribution >= 4 is 40.8 Å². The van der Waals surface area contributed by atoms with Crippen LogP contribution in [0.15, 0.2) is 123 Å². The number of aromatic nitrogens is 1. The SMILES string of the molecule is CCOC(=O)C1=C(c2ccccc2)N=c2s/c(=C\c3cccc(OCc4ccccc4F)c3)c(=O)n2[C@H]1c1ccc(SC)cc1. The Hall–Kier alpha value is -4.73. The first-order valence-electron chi connectivity index (χ1n) is 14.4. The number of hydrogen-bond donors (Lipinski definition) is 0.